The lowest BCUT2D eigenvalue weighted by Crippen LogP contribution is -2.37. The van der Waals surface area contributed by atoms with E-state index in [1.54, 1.807) is 0 Å². The van der Waals surface area contributed by atoms with Gasteiger partial charge in [0.2, 0.25) is 0 Å². The standard InChI is InChI=1S/C14H18ClN3O/c1-10-3-6-16-13-12(10)17-11(9-15)18(13)14(2)4-7-19-8-5-14/h3,6H,4-5,7-9H2,1-2H3. The van der Waals surface area contributed by atoms with Gasteiger partial charge in [-0.25, -0.2) is 9.97 Å². The first kappa shape index (κ1) is 12.9. The van der Waals surface area contributed by atoms with E-state index < -0.39 is 0 Å². The quantitative estimate of drug-likeness (QED) is 0.794. The first-order valence-corrected chi connectivity index (χ1v) is 7.16. The minimum atomic E-state index is -0.00197. The SMILES string of the molecule is Cc1ccnc2c1nc(CCl)n2C1(C)CCOCC1. The van der Waals surface area contributed by atoms with E-state index in [1.165, 1.54) is 0 Å². The van der Waals surface area contributed by atoms with Crippen molar-refractivity contribution in [3.8, 4) is 0 Å². The predicted octanol–water partition coefficient (Wildman–Crippen LogP) is 3.00. The third kappa shape index (κ3) is 2.03. The van der Waals surface area contributed by atoms with Gasteiger partial charge in [0.15, 0.2) is 5.65 Å². The number of hydrogen-bond acceptors (Lipinski definition) is 3. The number of nitrogens with zero attached hydrogens (tertiary/aromatic N) is 3. The van der Waals surface area contributed by atoms with Crippen molar-refractivity contribution >= 4 is 22.8 Å². The highest BCUT2D eigenvalue weighted by atomic mass is 35.5. The molecule has 0 aromatic carbocycles. The first-order valence-electron chi connectivity index (χ1n) is 6.63. The molecule has 0 atom stereocenters. The number of rotatable bonds is 2. The first-order chi connectivity index (χ1) is 9.15. The van der Waals surface area contributed by atoms with E-state index in [1.807, 2.05) is 12.3 Å². The molecule has 0 radical (unpaired) electrons. The molecule has 1 aliphatic rings. The zero-order valence-corrected chi connectivity index (χ0v) is 12.1. The molecule has 0 spiro atoms. The summed E-state index contributed by atoms with van der Waals surface area (Å²) in [5, 5.41) is 0. The summed E-state index contributed by atoms with van der Waals surface area (Å²) < 4.78 is 7.71. The summed E-state index contributed by atoms with van der Waals surface area (Å²) in [6.45, 7) is 5.87. The van der Waals surface area contributed by atoms with Gasteiger partial charge in [0.05, 0.1) is 5.88 Å². The highest BCUT2D eigenvalue weighted by Gasteiger charge is 2.33. The number of aromatic nitrogens is 3. The Morgan fingerprint density at radius 1 is 1.42 bits per heavy atom. The van der Waals surface area contributed by atoms with E-state index >= 15 is 0 Å². The van der Waals surface area contributed by atoms with Crippen LogP contribution in [0.2, 0.25) is 0 Å². The van der Waals surface area contributed by atoms with Crippen molar-refractivity contribution in [3.63, 3.8) is 0 Å². The summed E-state index contributed by atoms with van der Waals surface area (Å²) in [7, 11) is 0. The molecule has 2 aromatic heterocycles. The Balaban J connectivity index is 2.23. The van der Waals surface area contributed by atoms with Gasteiger partial charge in [-0.3, -0.25) is 0 Å². The van der Waals surface area contributed by atoms with E-state index in [0.717, 1.165) is 48.6 Å². The maximum atomic E-state index is 6.09. The second-order valence-corrected chi connectivity index (χ2v) is 5.67. The lowest BCUT2D eigenvalue weighted by Gasteiger charge is -2.36. The van der Waals surface area contributed by atoms with Crippen LogP contribution >= 0.6 is 11.6 Å². The van der Waals surface area contributed by atoms with Crippen LogP contribution in [0.3, 0.4) is 0 Å². The highest BCUT2D eigenvalue weighted by molar-refractivity contribution is 6.16. The summed E-state index contributed by atoms with van der Waals surface area (Å²) >= 11 is 6.09. The number of pyridine rings is 1. The summed E-state index contributed by atoms with van der Waals surface area (Å²) in [5.74, 6) is 1.31. The van der Waals surface area contributed by atoms with Crippen molar-refractivity contribution in [2.75, 3.05) is 13.2 Å². The largest absolute Gasteiger partial charge is 0.381 e. The van der Waals surface area contributed by atoms with Crippen LogP contribution in [0.4, 0.5) is 0 Å². The van der Waals surface area contributed by atoms with Crippen LogP contribution in [0.15, 0.2) is 12.3 Å². The van der Waals surface area contributed by atoms with Gasteiger partial charge in [-0.05, 0) is 38.3 Å². The Hall–Kier alpha value is -1.13. The zero-order chi connectivity index (χ0) is 13.5. The van der Waals surface area contributed by atoms with Crippen molar-refractivity contribution < 1.29 is 4.74 Å². The second-order valence-electron chi connectivity index (χ2n) is 5.41. The summed E-state index contributed by atoms with van der Waals surface area (Å²) in [6.07, 6.45) is 3.78. The van der Waals surface area contributed by atoms with Gasteiger partial charge in [-0.2, -0.15) is 0 Å². The smallest absolute Gasteiger partial charge is 0.160 e. The lowest BCUT2D eigenvalue weighted by atomic mass is 9.92. The van der Waals surface area contributed by atoms with Crippen LogP contribution in [0.5, 0.6) is 0 Å². The molecule has 0 saturated carbocycles. The third-order valence-corrected chi connectivity index (χ3v) is 4.29. The maximum absolute atomic E-state index is 6.09. The number of aryl methyl sites for hydroxylation is 1. The van der Waals surface area contributed by atoms with Gasteiger partial charge in [0, 0.05) is 24.9 Å². The maximum Gasteiger partial charge on any atom is 0.160 e. The van der Waals surface area contributed by atoms with E-state index in [0.29, 0.717) is 5.88 Å². The van der Waals surface area contributed by atoms with E-state index in [4.69, 9.17) is 16.3 Å². The van der Waals surface area contributed by atoms with Crippen LogP contribution in [0, 0.1) is 6.92 Å². The molecule has 0 N–H and O–H groups in total. The van der Waals surface area contributed by atoms with Crippen molar-refractivity contribution in [3.05, 3.63) is 23.7 Å². The van der Waals surface area contributed by atoms with Gasteiger partial charge in [0.1, 0.15) is 11.3 Å². The van der Waals surface area contributed by atoms with Gasteiger partial charge < -0.3 is 9.30 Å². The minimum absolute atomic E-state index is 0.00197. The van der Waals surface area contributed by atoms with Crippen LogP contribution in [0.25, 0.3) is 11.2 Å². The molecule has 19 heavy (non-hydrogen) atoms. The summed E-state index contributed by atoms with van der Waals surface area (Å²) in [6, 6.07) is 1.99. The van der Waals surface area contributed by atoms with Gasteiger partial charge in [0.25, 0.3) is 0 Å². The van der Waals surface area contributed by atoms with E-state index in [2.05, 4.69) is 28.4 Å². The van der Waals surface area contributed by atoms with Gasteiger partial charge >= 0.3 is 0 Å². The molecule has 3 heterocycles. The molecule has 0 unspecified atom stereocenters. The molecule has 0 amide bonds. The van der Waals surface area contributed by atoms with Crippen molar-refractivity contribution in [1.82, 2.24) is 14.5 Å². The molecule has 1 saturated heterocycles. The second kappa shape index (κ2) is 4.76. The Morgan fingerprint density at radius 3 is 2.84 bits per heavy atom. The molecule has 3 rings (SSSR count). The average Bonchev–Trinajstić information content (AvgIpc) is 2.80. The molecular formula is C14H18ClN3O. The fourth-order valence-corrected chi connectivity index (χ4v) is 3.01. The molecule has 0 aliphatic carbocycles. The number of alkyl halides is 1. The Labute approximate surface area is 117 Å². The summed E-state index contributed by atoms with van der Waals surface area (Å²) in [5.41, 5.74) is 3.05. The van der Waals surface area contributed by atoms with Crippen molar-refractivity contribution in [2.45, 2.75) is 38.1 Å². The molecule has 1 aliphatic heterocycles. The van der Waals surface area contributed by atoms with Crippen LogP contribution < -0.4 is 0 Å². The van der Waals surface area contributed by atoms with Crippen LogP contribution in [0.1, 0.15) is 31.2 Å². The number of halogens is 1. The van der Waals surface area contributed by atoms with Crippen LogP contribution in [-0.4, -0.2) is 27.7 Å². The monoisotopic (exact) mass is 279 g/mol. The highest BCUT2D eigenvalue weighted by Crippen LogP contribution is 2.34. The van der Waals surface area contributed by atoms with Gasteiger partial charge in [-0.15, -0.1) is 11.6 Å². The molecule has 102 valence electrons. The molecular weight excluding hydrogens is 262 g/mol. The Morgan fingerprint density at radius 2 is 2.16 bits per heavy atom. The minimum Gasteiger partial charge on any atom is -0.381 e. The molecule has 5 heteroatoms. The molecule has 2 aromatic rings. The van der Waals surface area contributed by atoms with Gasteiger partial charge in [-0.1, -0.05) is 0 Å². The molecule has 1 fully saturated rings. The number of fused-ring (bicyclic) bond motifs is 1. The topological polar surface area (TPSA) is 39.9 Å². The Bertz CT molecular complexity index is 602. The number of ether oxygens (including phenoxy) is 1. The van der Waals surface area contributed by atoms with Crippen molar-refractivity contribution in [2.24, 2.45) is 0 Å². The van der Waals surface area contributed by atoms with Crippen LogP contribution in [-0.2, 0) is 16.2 Å². The molecule has 4 nitrogen and oxygen atoms in total. The number of hydrogen-bond donors (Lipinski definition) is 0. The normalized spacial score (nSPS) is 18.9. The predicted molar refractivity (Wildman–Crippen MR) is 75.5 cm³/mol. The molecule has 0 bridgehead atoms. The zero-order valence-electron chi connectivity index (χ0n) is 11.3. The van der Waals surface area contributed by atoms with Crippen molar-refractivity contribution in [1.29, 1.82) is 0 Å². The Kier molecular flexibility index (Phi) is 3.23. The fourth-order valence-electron chi connectivity index (χ4n) is 2.83. The average molecular weight is 280 g/mol. The lowest BCUT2D eigenvalue weighted by molar-refractivity contribution is 0.0300. The number of imidazole rings is 1. The van der Waals surface area contributed by atoms with E-state index in [9.17, 15) is 0 Å². The third-order valence-electron chi connectivity index (χ3n) is 4.05. The van der Waals surface area contributed by atoms with E-state index in [-0.39, 0.29) is 5.54 Å². The fraction of sp³-hybridized carbons (Fsp3) is 0.571. The summed E-state index contributed by atoms with van der Waals surface area (Å²) in [4.78, 5) is 9.21.